The maximum atomic E-state index is 13.6. The number of benzene rings is 2. The first-order chi connectivity index (χ1) is 13.2. The molecule has 2 aromatic rings. The fourth-order valence-electron chi connectivity index (χ4n) is 4.45. The van der Waals surface area contributed by atoms with E-state index in [0.717, 1.165) is 24.3 Å². The van der Waals surface area contributed by atoms with Gasteiger partial charge >= 0.3 is 0 Å². The van der Waals surface area contributed by atoms with Crippen LogP contribution in [0, 0.1) is 24.6 Å². The molecule has 1 saturated carbocycles. The van der Waals surface area contributed by atoms with Gasteiger partial charge in [-0.2, -0.15) is 0 Å². The van der Waals surface area contributed by atoms with E-state index in [4.69, 9.17) is 4.74 Å². The normalized spacial score (nSPS) is 23.3. The van der Waals surface area contributed by atoms with Crippen LogP contribution in [0.1, 0.15) is 42.7 Å². The molecular weight excluding hydrogens is 337 g/mol. The van der Waals surface area contributed by atoms with Crippen molar-refractivity contribution in [3.63, 3.8) is 0 Å². The van der Waals surface area contributed by atoms with Gasteiger partial charge in [0.2, 0.25) is 0 Å². The molecule has 1 saturated heterocycles. The van der Waals surface area contributed by atoms with E-state index in [1.165, 1.54) is 50.4 Å². The van der Waals surface area contributed by atoms with Crippen LogP contribution in [-0.4, -0.2) is 31.1 Å². The summed E-state index contributed by atoms with van der Waals surface area (Å²) in [7, 11) is 0. The molecule has 0 bridgehead atoms. The fourth-order valence-corrected chi connectivity index (χ4v) is 4.45. The summed E-state index contributed by atoms with van der Waals surface area (Å²) in [4.78, 5) is 2.49. The van der Waals surface area contributed by atoms with Gasteiger partial charge in [-0.3, -0.25) is 4.90 Å². The summed E-state index contributed by atoms with van der Waals surface area (Å²) in [6.07, 6.45) is 5.38. The summed E-state index contributed by atoms with van der Waals surface area (Å²) in [6.45, 7) is 5.66. The summed E-state index contributed by atoms with van der Waals surface area (Å²) >= 11 is 0. The minimum absolute atomic E-state index is 0.192. The summed E-state index contributed by atoms with van der Waals surface area (Å²) < 4.78 is 19.3. The van der Waals surface area contributed by atoms with Gasteiger partial charge in [-0.25, -0.2) is 4.39 Å². The molecule has 1 aliphatic heterocycles. The third kappa shape index (κ3) is 4.90. The third-order valence-corrected chi connectivity index (χ3v) is 6.31. The van der Waals surface area contributed by atoms with Crippen LogP contribution in [0.3, 0.4) is 0 Å². The van der Waals surface area contributed by atoms with Gasteiger partial charge in [0.25, 0.3) is 0 Å². The molecule has 1 heterocycles. The Kier molecular flexibility index (Phi) is 5.77. The van der Waals surface area contributed by atoms with E-state index in [2.05, 4.69) is 35.2 Å². The first-order valence-corrected chi connectivity index (χ1v) is 10.4. The van der Waals surface area contributed by atoms with Crippen molar-refractivity contribution in [2.45, 2.75) is 38.5 Å². The number of hydrogen-bond acceptors (Lipinski definition) is 2. The van der Waals surface area contributed by atoms with Crippen LogP contribution in [-0.2, 0) is 0 Å². The zero-order valence-corrected chi connectivity index (χ0v) is 16.2. The summed E-state index contributed by atoms with van der Waals surface area (Å²) in [5, 5.41) is 0. The van der Waals surface area contributed by atoms with Crippen molar-refractivity contribution in [3.05, 3.63) is 65.5 Å². The summed E-state index contributed by atoms with van der Waals surface area (Å²) in [5.41, 5.74) is 2.19. The number of piperidine rings is 1. The number of halogens is 1. The Morgan fingerprint density at radius 2 is 1.85 bits per heavy atom. The molecule has 4 rings (SSSR count). The van der Waals surface area contributed by atoms with Crippen molar-refractivity contribution in [2.24, 2.45) is 11.8 Å². The molecule has 2 aromatic carbocycles. The number of aryl methyl sites for hydroxylation is 1. The fraction of sp³-hybridized carbons (Fsp3) is 0.500. The average molecular weight is 368 g/mol. The highest BCUT2D eigenvalue weighted by atomic mass is 19.1. The van der Waals surface area contributed by atoms with E-state index in [1.54, 1.807) is 13.0 Å². The molecule has 0 spiro atoms. The van der Waals surface area contributed by atoms with Gasteiger partial charge < -0.3 is 4.74 Å². The Balaban J connectivity index is 1.14. The molecular formula is C24H30FNO. The second-order valence-corrected chi connectivity index (χ2v) is 8.29. The molecule has 0 amide bonds. The largest absolute Gasteiger partial charge is 0.492 e. The van der Waals surface area contributed by atoms with E-state index < -0.39 is 0 Å². The maximum Gasteiger partial charge on any atom is 0.129 e. The molecule has 0 aromatic heterocycles. The van der Waals surface area contributed by atoms with Crippen LogP contribution in [0.25, 0.3) is 0 Å². The van der Waals surface area contributed by atoms with Crippen molar-refractivity contribution in [1.29, 1.82) is 0 Å². The predicted octanol–water partition coefficient (Wildman–Crippen LogP) is 5.42. The Hall–Kier alpha value is -1.87. The van der Waals surface area contributed by atoms with Crippen LogP contribution in [0.4, 0.5) is 4.39 Å². The highest BCUT2D eigenvalue weighted by Crippen LogP contribution is 2.51. The van der Waals surface area contributed by atoms with Crippen LogP contribution >= 0.6 is 0 Å². The lowest BCUT2D eigenvalue weighted by molar-refractivity contribution is 0.149. The second kappa shape index (κ2) is 8.43. The molecule has 27 heavy (non-hydrogen) atoms. The first kappa shape index (κ1) is 18.5. The highest BCUT2D eigenvalue weighted by molar-refractivity contribution is 5.28. The van der Waals surface area contributed by atoms with Crippen LogP contribution in [0.5, 0.6) is 5.75 Å². The first-order valence-electron chi connectivity index (χ1n) is 10.4. The van der Waals surface area contributed by atoms with Crippen molar-refractivity contribution in [2.75, 3.05) is 26.2 Å². The van der Waals surface area contributed by atoms with Gasteiger partial charge in [0, 0.05) is 12.6 Å². The summed E-state index contributed by atoms with van der Waals surface area (Å²) in [5.74, 6) is 3.04. The van der Waals surface area contributed by atoms with Crippen LogP contribution in [0.15, 0.2) is 48.5 Å². The Bertz CT molecular complexity index is 739. The van der Waals surface area contributed by atoms with E-state index in [9.17, 15) is 4.39 Å². The molecule has 3 heteroatoms. The minimum atomic E-state index is -0.192. The lowest BCUT2D eigenvalue weighted by Crippen LogP contribution is -2.36. The molecule has 2 fully saturated rings. The minimum Gasteiger partial charge on any atom is -0.492 e. The number of hydrogen-bond donors (Lipinski definition) is 0. The average Bonchev–Trinajstić information content (AvgIpc) is 3.46. The number of likely N-dealkylation sites (tertiary alicyclic amines) is 1. The Morgan fingerprint density at radius 3 is 2.59 bits per heavy atom. The van der Waals surface area contributed by atoms with Crippen molar-refractivity contribution < 1.29 is 9.13 Å². The molecule has 0 radical (unpaired) electrons. The zero-order chi connectivity index (χ0) is 18.6. The smallest absolute Gasteiger partial charge is 0.129 e. The van der Waals surface area contributed by atoms with E-state index in [0.29, 0.717) is 17.9 Å². The highest BCUT2D eigenvalue weighted by Gasteiger charge is 2.39. The van der Waals surface area contributed by atoms with Crippen molar-refractivity contribution in [1.82, 2.24) is 4.90 Å². The van der Waals surface area contributed by atoms with Gasteiger partial charge in [0.1, 0.15) is 18.2 Å². The number of nitrogens with zero attached hydrogens (tertiary/aromatic N) is 1. The lowest BCUT2D eigenvalue weighted by atomic mass is 9.90. The Morgan fingerprint density at radius 1 is 1.07 bits per heavy atom. The van der Waals surface area contributed by atoms with Crippen molar-refractivity contribution >= 4 is 0 Å². The van der Waals surface area contributed by atoms with E-state index >= 15 is 0 Å². The predicted molar refractivity (Wildman–Crippen MR) is 108 cm³/mol. The van der Waals surface area contributed by atoms with Gasteiger partial charge in [-0.15, -0.1) is 0 Å². The molecule has 2 aliphatic rings. The monoisotopic (exact) mass is 367 g/mol. The quantitative estimate of drug-likeness (QED) is 0.648. The standard InChI is InChI=1S/C24H30FNO/c1-18-7-8-22(17-24(18)25)27-14-13-26-11-9-19(10-12-26)15-21-16-23(21)20-5-3-2-4-6-20/h2-8,17,19,21,23H,9-16H2,1H3/t21-,23+/m1/s1. The molecule has 0 unspecified atom stereocenters. The van der Waals surface area contributed by atoms with E-state index in [1.807, 2.05) is 6.07 Å². The molecule has 0 N–H and O–H groups in total. The lowest BCUT2D eigenvalue weighted by Gasteiger charge is -2.32. The third-order valence-electron chi connectivity index (χ3n) is 6.31. The van der Waals surface area contributed by atoms with E-state index in [-0.39, 0.29) is 5.82 Å². The summed E-state index contributed by atoms with van der Waals surface area (Å²) in [6, 6.07) is 16.1. The zero-order valence-electron chi connectivity index (χ0n) is 16.2. The maximum absolute atomic E-state index is 13.6. The molecule has 2 atom stereocenters. The Labute approximate surface area is 162 Å². The van der Waals surface area contributed by atoms with Crippen LogP contribution in [0.2, 0.25) is 0 Å². The van der Waals surface area contributed by atoms with Crippen LogP contribution < -0.4 is 4.74 Å². The number of rotatable bonds is 7. The van der Waals surface area contributed by atoms with Gasteiger partial charge in [-0.05, 0) is 80.6 Å². The molecule has 144 valence electrons. The number of ether oxygens (including phenoxy) is 1. The SMILES string of the molecule is Cc1ccc(OCCN2CCC(C[C@@H]3C[C@H]3c3ccccc3)CC2)cc1F. The second-order valence-electron chi connectivity index (χ2n) is 8.29. The topological polar surface area (TPSA) is 12.5 Å². The van der Waals surface area contributed by atoms with Gasteiger partial charge in [-0.1, -0.05) is 36.4 Å². The van der Waals surface area contributed by atoms with Gasteiger partial charge in [0.05, 0.1) is 0 Å². The molecule has 2 nitrogen and oxygen atoms in total. The van der Waals surface area contributed by atoms with Crippen molar-refractivity contribution in [3.8, 4) is 5.75 Å². The van der Waals surface area contributed by atoms with Gasteiger partial charge in [0.15, 0.2) is 0 Å². The molecule has 1 aliphatic carbocycles.